The first-order chi connectivity index (χ1) is 10.2. The molecule has 3 rings (SSSR count). The van der Waals surface area contributed by atoms with Crippen molar-refractivity contribution in [2.45, 2.75) is 44.7 Å². The Morgan fingerprint density at radius 1 is 1.05 bits per heavy atom. The number of nitrogens with one attached hydrogen (secondary N) is 1. The number of hydrogen-bond acceptors (Lipinski definition) is 1. The molecule has 0 bridgehead atoms. The average Bonchev–Trinajstić information content (AvgIpc) is 2.71. The van der Waals surface area contributed by atoms with Crippen LogP contribution in [-0.4, -0.2) is 0 Å². The lowest BCUT2D eigenvalue weighted by molar-refractivity contribution is 0.437. The van der Waals surface area contributed by atoms with E-state index in [-0.39, 0.29) is 0 Å². The Balaban J connectivity index is 1.79. The number of hydrogen-bond donors (Lipinski definition) is 1. The van der Waals surface area contributed by atoms with Gasteiger partial charge >= 0.3 is 0 Å². The first kappa shape index (κ1) is 14.6. The van der Waals surface area contributed by atoms with Crippen LogP contribution >= 0.6 is 11.6 Å². The second-order valence-electron chi connectivity index (χ2n) is 5.94. The number of rotatable bonds is 3. The fourth-order valence-electron chi connectivity index (χ4n) is 3.24. The maximum absolute atomic E-state index is 5.98. The van der Waals surface area contributed by atoms with Crippen LogP contribution in [0.15, 0.2) is 48.5 Å². The molecule has 2 heteroatoms. The van der Waals surface area contributed by atoms with Gasteiger partial charge in [-0.25, -0.2) is 0 Å². The summed E-state index contributed by atoms with van der Waals surface area (Å²) in [5.74, 6) is 0. The van der Waals surface area contributed by atoms with Gasteiger partial charge in [-0.3, -0.25) is 0 Å². The molecule has 1 aliphatic rings. The van der Waals surface area contributed by atoms with E-state index in [1.54, 1.807) is 0 Å². The summed E-state index contributed by atoms with van der Waals surface area (Å²) in [6, 6.07) is 17.8. The minimum absolute atomic E-state index is 0.332. The zero-order valence-electron chi connectivity index (χ0n) is 12.5. The van der Waals surface area contributed by atoms with Gasteiger partial charge in [-0.2, -0.15) is 0 Å². The highest BCUT2D eigenvalue weighted by Crippen LogP contribution is 2.30. The van der Waals surface area contributed by atoms with E-state index in [0.29, 0.717) is 12.1 Å². The highest BCUT2D eigenvalue weighted by molar-refractivity contribution is 6.30. The smallest absolute Gasteiger partial charge is 0.0406 e. The van der Waals surface area contributed by atoms with Crippen LogP contribution in [0.4, 0.5) is 0 Å². The molecule has 1 unspecified atom stereocenters. The minimum atomic E-state index is 0.332. The molecule has 0 amide bonds. The normalized spacial score (nSPS) is 19.6. The Morgan fingerprint density at radius 2 is 1.81 bits per heavy atom. The summed E-state index contributed by atoms with van der Waals surface area (Å²) in [5, 5.41) is 4.60. The molecule has 0 fully saturated rings. The maximum Gasteiger partial charge on any atom is 0.0406 e. The van der Waals surface area contributed by atoms with E-state index in [1.165, 1.54) is 42.4 Å². The maximum atomic E-state index is 5.98. The molecule has 2 aromatic rings. The average molecular weight is 300 g/mol. The van der Waals surface area contributed by atoms with Crippen molar-refractivity contribution < 1.29 is 0 Å². The second-order valence-corrected chi connectivity index (χ2v) is 6.37. The molecule has 1 N–H and O–H groups in total. The van der Waals surface area contributed by atoms with E-state index < -0.39 is 0 Å². The van der Waals surface area contributed by atoms with Crippen molar-refractivity contribution >= 4 is 11.6 Å². The summed E-state index contributed by atoms with van der Waals surface area (Å²) in [6.07, 6.45) is 5.02. The molecule has 0 saturated heterocycles. The Hall–Kier alpha value is -1.31. The molecular formula is C19H22ClN. The molecule has 110 valence electrons. The molecule has 2 atom stereocenters. The molecule has 1 nitrogen and oxygen atoms in total. The van der Waals surface area contributed by atoms with Crippen molar-refractivity contribution in [3.63, 3.8) is 0 Å². The van der Waals surface area contributed by atoms with E-state index in [1.807, 2.05) is 12.1 Å². The molecule has 21 heavy (non-hydrogen) atoms. The van der Waals surface area contributed by atoms with Crippen molar-refractivity contribution in [1.82, 2.24) is 5.32 Å². The topological polar surface area (TPSA) is 12.0 Å². The van der Waals surface area contributed by atoms with E-state index in [4.69, 9.17) is 11.6 Å². The third-order valence-corrected chi connectivity index (χ3v) is 4.69. The molecule has 0 heterocycles. The highest BCUT2D eigenvalue weighted by atomic mass is 35.5. The van der Waals surface area contributed by atoms with Gasteiger partial charge in [0.1, 0.15) is 0 Å². The number of halogens is 1. The van der Waals surface area contributed by atoms with Crippen molar-refractivity contribution in [3.8, 4) is 0 Å². The fourth-order valence-corrected chi connectivity index (χ4v) is 3.37. The molecule has 0 radical (unpaired) electrons. The van der Waals surface area contributed by atoms with Crippen LogP contribution in [0.25, 0.3) is 0 Å². The number of benzene rings is 2. The summed E-state index contributed by atoms with van der Waals surface area (Å²) in [7, 11) is 0. The van der Waals surface area contributed by atoms with Crippen LogP contribution in [0, 0.1) is 0 Å². The lowest BCUT2D eigenvalue weighted by Crippen LogP contribution is -2.24. The lowest BCUT2D eigenvalue weighted by atomic mass is 9.97. The van der Waals surface area contributed by atoms with Crippen molar-refractivity contribution in [2.24, 2.45) is 0 Å². The van der Waals surface area contributed by atoms with Crippen LogP contribution in [0.3, 0.4) is 0 Å². The number of aryl methyl sites for hydroxylation is 1. The molecule has 0 saturated carbocycles. The van der Waals surface area contributed by atoms with Crippen molar-refractivity contribution in [2.75, 3.05) is 0 Å². The third kappa shape index (κ3) is 3.48. The summed E-state index contributed by atoms with van der Waals surface area (Å²) < 4.78 is 0. The first-order valence-corrected chi connectivity index (χ1v) is 8.21. The van der Waals surface area contributed by atoms with Crippen molar-refractivity contribution in [3.05, 3.63) is 70.2 Å². The predicted molar refractivity (Wildman–Crippen MR) is 89.7 cm³/mol. The summed E-state index contributed by atoms with van der Waals surface area (Å²) in [5.41, 5.74) is 4.28. The van der Waals surface area contributed by atoms with Gasteiger partial charge in [-0.1, -0.05) is 54.4 Å². The minimum Gasteiger partial charge on any atom is -0.303 e. The predicted octanol–water partition coefficient (Wildman–Crippen LogP) is 5.46. The van der Waals surface area contributed by atoms with Crippen LogP contribution in [-0.2, 0) is 6.42 Å². The second kappa shape index (κ2) is 6.64. The van der Waals surface area contributed by atoms with E-state index >= 15 is 0 Å². The zero-order valence-corrected chi connectivity index (χ0v) is 13.2. The van der Waals surface area contributed by atoms with Gasteiger partial charge in [0.25, 0.3) is 0 Å². The summed E-state index contributed by atoms with van der Waals surface area (Å²) in [6.45, 7) is 2.23. The van der Waals surface area contributed by atoms with Gasteiger partial charge in [0.15, 0.2) is 0 Å². The fraction of sp³-hybridized carbons (Fsp3) is 0.368. The quantitative estimate of drug-likeness (QED) is 0.742. The van der Waals surface area contributed by atoms with Gasteiger partial charge < -0.3 is 5.32 Å². The van der Waals surface area contributed by atoms with E-state index in [9.17, 15) is 0 Å². The lowest BCUT2D eigenvalue weighted by Gasteiger charge is -2.24. The van der Waals surface area contributed by atoms with Gasteiger partial charge in [0.05, 0.1) is 0 Å². The van der Waals surface area contributed by atoms with Gasteiger partial charge in [0.2, 0.25) is 0 Å². The standard InChI is InChI=1S/C19H22ClN/c1-14(15-10-12-17(20)13-11-15)21-19-9-5-3-7-16-6-2-4-8-18(16)19/h2,4,6,8,10-14,19,21H,3,5,7,9H2,1H3/t14-,19?/m0/s1. The Kier molecular flexibility index (Phi) is 4.62. The molecule has 0 aliphatic heterocycles. The van der Waals surface area contributed by atoms with Gasteiger partial charge in [0, 0.05) is 17.1 Å². The summed E-state index contributed by atoms with van der Waals surface area (Å²) in [4.78, 5) is 0. The Labute approximate surface area is 132 Å². The van der Waals surface area contributed by atoms with Gasteiger partial charge in [-0.15, -0.1) is 0 Å². The van der Waals surface area contributed by atoms with E-state index in [2.05, 4.69) is 48.6 Å². The molecular weight excluding hydrogens is 278 g/mol. The van der Waals surface area contributed by atoms with E-state index in [0.717, 1.165) is 5.02 Å². The highest BCUT2D eigenvalue weighted by Gasteiger charge is 2.20. The van der Waals surface area contributed by atoms with Crippen LogP contribution < -0.4 is 5.32 Å². The van der Waals surface area contributed by atoms with Crippen LogP contribution in [0.2, 0.25) is 5.02 Å². The zero-order chi connectivity index (χ0) is 14.7. The third-order valence-electron chi connectivity index (χ3n) is 4.44. The monoisotopic (exact) mass is 299 g/mol. The Bertz CT molecular complexity index is 591. The largest absolute Gasteiger partial charge is 0.303 e. The van der Waals surface area contributed by atoms with Gasteiger partial charge in [-0.05, 0) is 55.0 Å². The molecule has 0 spiro atoms. The first-order valence-electron chi connectivity index (χ1n) is 7.83. The van der Waals surface area contributed by atoms with Crippen LogP contribution in [0.5, 0.6) is 0 Å². The molecule has 2 aromatic carbocycles. The SMILES string of the molecule is C[C@H](NC1CCCCc2ccccc21)c1ccc(Cl)cc1. The summed E-state index contributed by atoms with van der Waals surface area (Å²) >= 11 is 5.98. The number of fused-ring (bicyclic) bond motifs is 1. The molecule has 0 aromatic heterocycles. The van der Waals surface area contributed by atoms with Crippen LogP contribution in [0.1, 0.15) is 55.0 Å². The van der Waals surface area contributed by atoms with Crippen molar-refractivity contribution in [1.29, 1.82) is 0 Å². The Morgan fingerprint density at radius 3 is 2.62 bits per heavy atom. The molecule has 1 aliphatic carbocycles.